The van der Waals surface area contributed by atoms with Crippen molar-refractivity contribution >= 4 is 51.3 Å². The summed E-state index contributed by atoms with van der Waals surface area (Å²) in [5.41, 5.74) is 2.04. The molecule has 0 saturated carbocycles. The minimum atomic E-state index is -0.200. The van der Waals surface area contributed by atoms with Gasteiger partial charge in [0.2, 0.25) is 0 Å². The molecule has 3 aromatic rings. The molecular weight excluding hydrogens is 360 g/mol. The second-order valence-electron chi connectivity index (χ2n) is 5.80. The third-order valence-corrected chi connectivity index (χ3v) is 5.47. The maximum absolute atomic E-state index is 12.5. The number of aryl methyl sites for hydroxylation is 1. The fourth-order valence-electron chi connectivity index (χ4n) is 3.06. The minimum absolute atomic E-state index is 0.200. The molecule has 25 heavy (non-hydrogen) atoms. The lowest BCUT2D eigenvalue weighted by molar-refractivity contribution is 0.103. The molecular formula is C17H17ClN4O2S. The number of fused-ring (bicyclic) bond motifs is 1. The molecule has 1 fully saturated rings. The van der Waals surface area contributed by atoms with Crippen LogP contribution in [-0.4, -0.2) is 42.0 Å². The zero-order valence-corrected chi connectivity index (χ0v) is 15.2. The molecule has 1 aliphatic rings. The smallest absolute Gasteiger partial charge is 0.266 e. The number of aromatic nitrogens is 2. The zero-order valence-electron chi connectivity index (χ0n) is 13.7. The summed E-state index contributed by atoms with van der Waals surface area (Å²) in [5, 5.41) is 8.40. The Balaban J connectivity index is 1.74. The van der Waals surface area contributed by atoms with Crippen LogP contribution in [-0.2, 0) is 11.8 Å². The van der Waals surface area contributed by atoms with E-state index in [-0.39, 0.29) is 5.91 Å². The number of benzene rings is 1. The van der Waals surface area contributed by atoms with E-state index in [0.717, 1.165) is 29.7 Å². The van der Waals surface area contributed by atoms with Crippen molar-refractivity contribution in [2.75, 3.05) is 36.5 Å². The highest BCUT2D eigenvalue weighted by atomic mass is 35.5. The highest BCUT2D eigenvalue weighted by Gasteiger charge is 2.21. The largest absolute Gasteiger partial charge is 0.378 e. The van der Waals surface area contributed by atoms with E-state index >= 15 is 0 Å². The summed E-state index contributed by atoms with van der Waals surface area (Å²) in [6, 6.07) is 9.52. The van der Waals surface area contributed by atoms with Crippen LogP contribution in [0.4, 0.5) is 11.5 Å². The SMILES string of the molecule is Cn1nc(NC(=O)c2ccc(Cl)s2)c2c(N3CCOCC3)cccc21. The Morgan fingerprint density at radius 1 is 1.28 bits per heavy atom. The van der Waals surface area contributed by atoms with Crippen LogP contribution in [0.3, 0.4) is 0 Å². The van der Waals surface area contributed by atoms with Gasteiger partial charge in [-0.25, -0.2) is 0 Å². The van der Waals surface area contributed by atoms with Crippen molar-refractivity contribution in [1.82, 2.24) is 9.78 Å². The van der Waals surface area contributed by atoms with Gasteiger partial charge in [-0.1, -0.05) is 17.7 Å². The van der Waals surface area contributed by atoms with Crippen molar-refractivity contribution in [3.05, 3.63) is 39.5 Å². The summed E-state index contributed by atoms with van der Waals surface area (Å²) >= 11 is 7.19. The van der Waals surface area contributed by atoms with E-state index in [2.05, 4.69) is 21.4 Å². The second kappa shape index (κ2) is 6.67. The van der Waals surface area contributed by atoms with Crippen LogP contribution in [0.5, 0.6) is 0 Å². The Labute approximate surface area is 153 Å². The van der Waals surface area contributed by atoms with Gasteiger partial charge in [-0.2, -0.15) is 5.10 Å². The summed E-state index contributed by atoms with van der Waals surface area (Å²) in [6.07, 6.45) is 0. The summed E-state index contributed by atoms with van der Waals surface area (Å²) in [4.78, 5) is 15.4. The van der Waals surface area contributed by atoms with Crippen LogP contribution in [0.1, 0.15) is 9.67 Å². The predicted octanol–water partition coefficient (Wildman–Crippen LogP) is 3.38. The number of anilines is 2. The molecule has 130 valence electrons. The third kappa shape index (κ3) is 3.10. The molecule has 1 saturated heterocycles. The van der Waals surface area contributed by atoms with Gasteiger partial charge in [0.1, 0.15) is 0 Å². The van der Waals surface area contributed by atoms with E-state index in [4.69, 9.17) is 16.3 Å². The number of hydrogen-bond acceptors (Lipinski definition) is 5. The molecule has 8 heteroatoms. The van der Waals surface area contributed by atoms with E-state index < -0.39 is 0 Å². The third-order valence-electron chi connectivity index (χ3n) is 4.24. The molecule has 1 N–H and O–H groups in total. The van der Waals surface area contributed by atoms with Gasteiger partial charge in [0.15, 0.2) is 5.82 Å². The molecule has 0 radical (unpaired) electrons. The van der Waals surface area contributed by atoms with Crippen LogP contribution in [0.25, 0.3) is 10.9 Å². The number of morpholine rings is 1. The van der Waals surface area contributed by atoms with Gasteiger partial charge in [0.05, 0.1) is 39.0 Å². The number of thiophene rings is 1. The van der Waals surface area contributed by atoms with Gasteiger partial charge in [0.25, 0.3) is 5.91 Å². The number of carbonyl (C=O) groups excluding carboxylic acids is 1. The first-order chi connectivity index (χ1) is 12.1. The van der Waals surface area contributed by atoms with E-state index in [1.807, 2.05) is 19.2 Å². The van der Waals surface area contributed by atoms with Crippen LogP contribution in [0.15, 0.2) is 30.3 Å². The van der Waals surface area contributed by atoms with Crippen molar-refractivity contribution < 1.29 is 9.53 Å². The number of hydrogen-bond donors (Lipinski definition) is 1. The van der Waals surface area contributed by atoms with Gasteiger partial charge in [-0.3, -0.25) is 9.48 Å². The van der Waals surface area contributed by atoms with E-state index in [1.54, 1.807) is 16.8 Å². The van der Waals surface area contributed by atoms with Gasteiger partial charge in [0, 0.05) is 20.1 Å². The summed E-state index contributed by atoms with van der Waals surface area (Å²) in [7, 11) is 1.88. The molecule has 0 atom stereocenters. The maximum atomic E-state index is 12.5. The van der Waals surface area contributed by atoms with E-state index in [1.165, 1.54) is 11.3 Å². The van der Waals surface area contributed by atoms with E-state index in [9.17, 15) is 4.79 Å². The number of nitrogens with zero attached hydrogens (tertiary/aromatic N) is 3. The van der Waals surface area contributed by atoms with Gasteiger partial charge < -0.3 is 15.0 Å². The Kier molecular flexibility index (Phi) is 4.37. The standard InChI is InChI=1S/C17H17ClN4O2S/c1-21-11-3-2-4-12(22-7-9-24-10-8-22)15(11)16(20-21)19-17(23)13-5-6-14(18)25-13/h2-6H,7-10H2,1H3,(H,19,20,23). The molecule has 6 nitrogen and oxygen atoms in total. The lowest BCUT2D eigenvalue weighted by Gasteiger charge is -2.29. The first kappa shape index (κ1) is 16.4. The van der Waals surface area contributed by atoms with Crippen molar-refractivity contribution in [2.45, 2.75) is 0 Å². The van der Waals surface area contributed by atoms with Gasteiger partial charge in [-0.05, 0) is 24.3 Å². The van der Waals surface area contributed by atoms with Crippen molar-refractivity contribution in [3.63, 3.8) is 0 Å². The predicted molar refractivity (Wildman–Crippen MR) is 101 cm³/mol. The normalized spacial score (nSPS) is 14.9. The second-order valence-corrected chi connectivity index (χ2v) is 7.52. The number of nitrogens with one attached hydrogen (secondary N) is 1. The van der Waals surface area contributed by atoms with Crippen molar-refractivity contribution in [1.29, 1.82) is 0 Å². The molecule has 1 aliphatic heterocycles. The molecule has 2 aromatic heterocycles. The van der Waals surface area contributed by atoms with Gasteiger partial charge >= 0.3 is 0 Å². The fraction of sp³-hybridized carbons (Fsp3) is 0.294. The summed E-state index contributed by atoms with van der Waals surface area (Å²) in [5.74, 6) is 0.364. The number of ether oxygens (including phenoxy) is 1. The Morgan fingerprint density at radius 2 is 2.08 bits per heavy atom. The lowest BCUT2D eigenvalue weighted by atomic mass is 10.1. The van der Waals surface area contributed by atoms with Crippen molar-refractivity contribution in [2.24, 2.45) is 7.05 Å². The first-order valence-corrected chi connectivity index (χ1v) is 9.18. The van der Waals surface area contributed by atoms with Crippen LogP contribution in [0, 0.1) is 0 Å². The number of amides is 1. The lowest BCUT2D eigenvalue weighted by Crippen LogP contribution is -2.36. The fourth-order valence-corrected chi connectivity index (χ4v) is 3.99. The number of halogens is 1. The minimum Gasteiger partial charge on any atom is -0.378 e. The highest BCUT2D eigenvalue weighted by Crippen LogP contribution is 2.33. The quantitative estimate of drug-likeness (QED) is 0.761. The summed E-state index contributed by atoms with van der Waals surface area (Å²) in [6.45, 7) is 3.04. The van der Waals surface area contributed by atoms with Gasteiger partial charge in [-0.15, -0.1) is 11.3 Å². The van der Waals surface area contributed by atoms with Crippen LogP contribution >= 0.6 is 22.9 Å². The van der Waals surface area contributed by atoms with E-state index in [0.29, 0.717) is 28.2 Å². The average Bonchev–Trinajstić information content (AvgIpc) is 3.20. The Hall–Kier alpha value is -2.09. The maximum Gasteiger partial charge on any atom is 0.266 e. The first-order valence-electron chi connectivity index (χ1n) is 7.98. The molecule has 1 aromatic carbocycles. The number of carbonyl (C=O) groups is 1. The van der Waals surface area contributed by atoms with Crippen LogP contribution in [0.2, 0.25) is 4.34 Å². The highest BCUT2D eigenvalue weighted by molar-refractivity contribution is 7.18. The zero-order chi connectivity index (χ0) is 17.4. The molecule has 1 amide bonds. The number of rotatable bonds is 3. The van der Waals surface area contributed by atoms with Crippen molar-refractivity contribution in [3.8, 4) is 0 Å². The Bertz CT molecular complexity index is 930. The Morgan fingerprint density at radius 3 is 2.80 bits per heavy atom. The monoisotopic (exact) mass is 376 g/mol. The summed E-state index contributed by atoms with van der Waals surface area (Å²) < 4.78 is 7.83. The molecule has 0 spiro atoms. The molecule has 3 heterocycles. The molecule has 0 aliphatic carbocycles. The molecule has 0 unspecified atom stereocenters. The molecule has 4 rings (SSSR count). The topological polar surface area (TPSA) is 59.4 Å². The van der Waals surface area contributed by atoms with Crippen LogP contribution < -0.4 is 10.2 Å². The molecule has 0 bridgehead atoms. The average molecular weight is 377 g/mol.